The fraction of sp³-hybridized carbons (Fsp3) is 0.200. The number of benzene rings is 2. The number of carbonyl (C=O) groups excluding carboxylic acids is 2. The Balaban J connectivity index is 2.05. The number of carbonyl (C=O) groups is 2. The van der Waals surface area contributed by atoms with Gasteiger partial charge in [-0.1, -0.05) is 68.2 Å². The standard InChI is InChI=1S/C30H28Cl2N4O4/c1-15(37)28(39)35-25-22-12-21(16-5-8-19(31)9-6-16)24(36-29(22)40-26(25)27(38)30(2,3)4)20-10-7-17(11-23(20)32)18(13-33)14-34/h5-15,33,37H,34H2,1-4H3,(H,35,39)/b18-14+,33-13?/t15-/m0/s1. The van der Waals surface area contributed by atoms with E-state index in [1.165, 1.54) is 13.1 Å². The number of ketones is 1. The molecule has 0 unspecified atom stereocenters. The van der Waals surface area contributed by atoms with Crippen molar-refractivity contribution in [1.29, 1.82) is 5.41 Å². The van der Waals surface area contributed by atoms with Gasteiger partial charge in [0.2, 0.25) is 11.5 Å². The van der Waals surface area contributed by atoms with Crippen molar-refractivity contribution in [1.82, 2.24) is 4.98 Å². The van der Waals surface area contributed by atoms with Crippen LogP contribution in [0.3, 0.4) is 0 Å². The van der Waals surface area contributed by atoms with Crippen LogP contribution in [-0.4, -0.2) is 34.1 Å². The maximum absolute atomic E-state index is 13.4. The molecular formula is C30H28Cl2N4O4. The minimum atomic E-state index is -1.32. The third-order valence-electron chi connectivity index (χ3n) is 6.25. The summed E-state index contributed by atoms with van der Waals surface area (Å²) in [7, 11) is 0. The Labute approximate surface area is 241 Å². The van der Waals surface area contributed by atoms with Gasteiger partial charge in [0.15, 0.2) is 5.76 Å². The van der Waals surface area contributed by atoms with E-state index in [1.807, 2.05) is 12.1 Å². The van der Waals surface area contributed by atoms with Gasteiger partial charge in [0, 0.05) is 39.6 Å². The zero-order chi connectivity index (χ0) is 29.4. The van der Waals surface area contributed by atoms with Crippen molar-refractivity contribution in [3.63, 3.8) is 0 Å². The van der Waals surface area contributed by atoms with E-state index in [-0.39, 0.29) is 22.9 Å². The van der Waals surface area contributed by atoms with Crippen LogP contribution in [0.4, 0.5) is 5.69 Å². The largest absolute Gasteiger partial charge is 0.432 e. The molecule has 4 rings (SSSR count). The van der Waals surface area contributed by atoms with E-state index in [4.69, 9.17) is 43.7 Å². The topological polar surface area (TPSA) is 142 Å². The predicted octanol–water partition coefficient (Wildman–Crippen LogP) is 6.97. The number of aliphatic hydroxyl groups is 1. The predicted molar refractivity (Wildman–Crippen MR) is 160 cm³/mol. The van der Waals surface area contributed by atoms with Crippen LogP contribution in [0.2, 0.25) is 10.0 Å². The molecule has 0 aliphatic carbocycles. The van der Waals surface area contributed by atoms with Gasteiger partial charge < -0.3 is 26.0 Å². The molecule has 40 heavy (non-hydrogen) atoms. The van der Waals surface area contributed by atoms with Crippen molar-refractivity contribution >= 4 is 63.5 Å². The van der Waals surface area contributed by atoms with E-state index >= 15 is 0 Å². The van der Waals surface area contributed by atoms with Crippen molar-refractivity contribution in [2.75, 3.05) is 5.32 Å². The number of rotatable bonds is 7. The average Bonchev–Trinajstić information content (AvgIpc) is 3.25. The quantitative estimate of drug-likeness (QED) is 0.138. The first-order valence-electron chi connectivity index (χ1n) is 12.4. The van der Waals surface area contributed by atoms with Gasteiger partial charge in [-0.2, -0.15) is 0 Å². The first-order chi connectivity index (χ1) is 18.8. The minimum absolute atomic E-state index is 0.0756. The number of hydrogen-bond acceptors (Lipinski definition) is 7. The Morgan fingerprint density at radius 3 is 2.33 bits per heavy atom. The van der Waals surface area contributed by atoms with Crippen LogP contribution in [0.1, 0.15) is 43.8 Å². The van der Waals surface area contributed by atoms with Crippen LogP contribution >= 0.6 is 23.2 Å². The molecule has 0 radical (unpaired) electrons. The van der Waals surface area contributed by atoms with E-state index < -0.39 is 17.4 Å². The summed E-state index contributed by atoms with van der Waals surface area (Å²) < 4.78 is 6.00. The fourth-order valence-corrected chi connectivity index (χ4v) is 4.44. The number of halogens is 2. The monoisotopic (exact) mass is 578 g/mol. The second-order valence-electron chi connectivity index (χ2n) is 10.3. The van der Waals surface area contributed by atoms with Crippen LogP contribution in [0, 0.1) is 10.8 Å². The van der Waals surface area contributed by atoms with Crippen molar-refractivity contribution in [3.8, 4) is 22.4 Å². The Kier molecular flexibility index (Phi) is 8.16. The van der Waals surface area contributed by atoms with E-state index in [2.05, 4.69) is 5.32 Å². The zero-order valence-electron chi connectivity index (χ0n) is 22.3. The maximum Gasteiger partial charge on any atom is 0.253 e. The second-order valence-corrected chi connectivity index (χ2v) is 11.1. The maximum atomic E-state index is 13.4. The minimum Gasteiger partial charge on any atom is -0.432 e. The van der Waals surface area contributed by atoms with Crippen LogP contribution in [0.15, 0.2) is 59.1 Å². The third kappa shape index (κ3) is 5.65. The molecule has 2 aromatic heterocycles. The lowest BCUT2D eigenvalue weighted by Gasteiger charge is -2.16. The molecular weight excluding hydrogens is 551 g/mol. The van der Waals surface area contributed by atoms with Gasteiger partial charge in [0.05, 0.1) is 16.1 Å². The smallest absolute Gasteiger partial charge is 0.253 e. The summed E-state index contributed by atoms with van der Waals surface area (Å²) >= 11 is 12.9. The molecule has 8 nitrogen and oxygen atoms in total. The van der Waals surface area contributed by atoms with Gasteiger partial charge in [0.1, 0.15) is 11.8 Å². The van der Waals surface area contributed by atoms with Crippen LogP contribution in [0.25, 0.3) is 39.1 Å². The molecule has 1 atom stereocenters. The highest BCUT2D eigenvalue weighted by Gasteiger charge is 2.32. The third-order valence-corrected chi connectivity index (χ3v) is 6.81. The van der Waals surface area contributed by atoms with Crippen molar-refractivity contribution < 1.29 is 19.1 Å². The number of aromatic nitrogens is 1. The van der Waals surface area contributed by atoms with Gasteiger partial charge in [-0.3, -0.25) is 9.59 Å². The zero-order valence-corrected chi connectivity index (χ0v) is 23.8. The molecule has 0 bridgehead atoms. The first-order valence-corrected chi connectivity index (χ1v) is 13.1. The van der Waals surface area contributed by atoms with E-state index in [9.17, 15) is 14.7 Å². The van der Waals surface area contributed by atoms with E-state index in [0.29, 0.717) is 43.4 Å². The second kappa shape index (κ2) is 11.3. The number of Topliss-reactive ketones (excluding diaryl/α,β-unsaturated/α-hetero) is 1. The number of allylic oxidation sites excluding steroid dienone is 1. The molecule has 0 spiro atoms. The van der Waals surface area contributed by atoms with E-state index in [0.717, 1.165) is 11.8 Å². The molecule has 2 aromatic carbocycles. The normalized spacial score (nSPS) is 12.8. The van der Waals surface area contributed by atoms with Gasteiger partial charge in [-0.05, 0) is 42.3 Å². The summed E-state index contributed by atoms with van der Waals surface area (Å²) in [6.07, 6.45) is 1.13. The Bertz CT molecular complexity index is 1670. The lowest BCUT2D eigenvalue weighted by molar-refractivity contribution is -0.123. The van der Waals surface area contributed by atoms with Crippen molar-refractivity contribution in [3.05, 3.63) is 76.1 Å². The number of amides is 1. The number of nitrogens with zero attached hydrogens (tertiary/aromatic N) is 1. The molecule has 0 aliphatic rings. The van der Waals surface area contributed by atoms with Gasteiger partial charge >= 0.3 is 0 Å². The lowest BCUT2D eigenvalue weighted by atomic mass is 9.88. The molecule has 10 heteroatoms. The summed E-state index contributed by atoms with van der Waals surface area (Å²) in [6.45, 7) is 6.54. The fourth-order valence-electron chi connectivity index (χ4n) is 4.04. The van der Waals surface area contributed by atoms with Gasteiger partial charge in [-0.15, -0.1) is 0 Å². The number of hydrogen-bond donors (Lipinski definition) is 4. The number of aliphatic hydroxyl groups excluding tert-OH is 1. The summed E-state index contributed by atoms with van der Waals surface area (Å²) in [6, 6.07) is 14.1. The number of pyridine rings is 1. The van der Waals surface area contributed by atoms with Crippen LogP contribution < -0.4 is 11.1 Å². The molecule has 0 fully saturated rings. The molecule has 206 valence electrons. The van der Waals surface area contributed by atoms with Crippen molar-refractivity contribution in [2.45, 2.75) is 33.8 Å². The molecule has 1 amide bonds. The highest BCUT2D eigenvalue weighted by Crippen LogP contribution is 2.42. The Morgan fingerprint density at radius 2 is 1.77 bits per heavy atom. The number of furan rings is 1. The molecule has 0 saturated carbocycles. The van der Waals surface area contributed by atoms with E-state index in [1.54, 1.807) is 57.2 Å². The highest BCUT2D eigenvalue weighted by atomic mass is 35.5. The summed E-state index contributed by atoms with van der Waals surface area (Å²) in [5.41, 5.74) is 8.58. The molecule has 5 N–H and O–H groups in total. The van der Waals surface area contributed by atoms with Gasteiger partial charge in [0.25, 0.3) is 5.91 Å². The van der Waals surface area contributed by atoms with Gasteiger partial charge in [-0.25, -0.2) is 4.98 Å². The number of nitrogens with one attached hydrogen (secondary N) is 2. The van der Waals surface area contributed by atoms with Crippen LogP contribution in [-0.2, 0) is 4.79 Å². The summed E-state index contributed by atoms with van der Waals surface area (Å²) in [4.78, 5) is 30.7. The number of nitrogens with two attached hydrogens (primary N) is 1. The van der Waals surface area contributed by atoms with Crippen LogP contribution in [0.5, 0.6) is 0 Å². The number of fused-ring (bicyclic) bond motifs is 1. The molecule has 0 aliphatic heterocycles. The Morgan fingerprint density at radius 1 is 1.10 bits per heavy atom. The SMILES string of the molecule is C[C@H](O)C(=O)Nc1c(C(=O)C(C)(C)C)oc2nc(-c3ccc(/C(C=N)=C/N)cc3Cl)c(-c3ccc(Cl)cc3)cc12. The van der Waals surface area contributed by atoms with Crippen molar-refractivity contribution in [2.24, 2.45) is 11.1 Å². The molecule has 0 saturated heterocycles. The molecule has 4 aromatic rings. The summed E-state index contributed by atoms with van der Waals surface area (Å²) in [5.74, 6) is -1.12. The Hall–Kier alpha value is -3.98. The molecule has 2 heterocycles. The average molecular weight is 579 g/mol. The summed E-state index contributed by atoms with van der Waals surface area (Å²) in [5, 5.41) is 21.4. The lowest BCUT2D eigenvalue weighted by Crippen LogP contribution is -2.26. The highest BCUT2D eigenvalue weighted by molar-refractivity contribution is 6.34. The first kappa shape index (κ1) is 29.0. The number of anilines is 1.